The van der Waals surface area contributed by atoms with Gasteiger partial charge in [0.15, 0.2) is 0 Å². The normalized spacial score (nSPS) is 17.0. The molecule has 0 bridgehead atoms. The maximum Gasteiger partial charge on any atom is 0.203 e. The topological polar surface area (TPSA) is 55.0 Å². The minimum atomic E-state index is 0.442. The van der Waals surface area contributed by atoms with E-state index in [0.29, 0.717) is 11.0 Å². The molecule has 28 heavy (non-hydrogen) atoms. The zero-order valence-corrected chi connectivity index (χ0v) is 17.3. The average molecular weight is 393 g/mol. The van der Waals surface area contributed by atoms with Gasteiger partial charge in [-0.2, -0.15) is 0 Å². The third kappa shape index (κ3) is 4.71. The number of hydrogen-bond acceptors (Lipinski definition) is 5. The smallest absolute Gasteiger partial charge is 0.203 e. The van der Waals surface area contributed by atoms with Gasteiger partial charge in [-0.05, 0) is 62.3 Å². The lowest BCUT2D eigenvalue weighted by Crippen LogP contribution is -2.34. The maximum atomic E-state index is 5.76. The number of aryl methyl sites for hydroxylation is 3. The molecule has 3 aromatic rings. The predicted octanol–water partition coefficient (Wildman–Crippen LogP) is 4.99. The Morgan fingerprint density at radius 3 is 2.64 bits per heavy atom. The highest BCUT2D eigenvalue weighted by Crippen LogP contribution is 2.32. The van der Waals surface area contributed by atoms with Gasteiger partial charge in [-0.3, -0.25) is 0 Å². The van der Waals surface area contributed by atoms with E-state index >= 15 is 0 Å². The van der Waals surface area contributed by atoms with Crippen LogP contribution in [0.1, 0.15) is 46.9 Å². The maximum absolute atomic E-state index is 5.76. The number of nitrogens with two attached hydrogens (primary N) is 1. The second-order valence-electron chi connectivity index (χ2n) is 7.77. The highest BCUT2D eigenvalue weighted by atomic mass is 32.1. The Morgan fingerprint density at radius 1 is 1.07 bits per heavy atom. The molecule has 1 atom stereocenters. The summed E-state index contributed by atoms with van der Waals surface area (Å²) in [4.78, 5) is 2.47. The summed E-state index contributed by atoms with van der Waals surface area (Å²) in [5.74, 6) is 0.442. The molecule has 4 nitrogen and oxygen atoms in total. The summed E-state index contributed by atoms with van der Waals surface area (Å²) in [6.07, 6.45) is 5.81. The lowest BCUT2D eigenvalue weighted by Gasteiger charge is -2.33. The summed E-state index contributed by atoms with van der Waals surface area (Å²) in [7, 11) is 0. The molecule has 1 aliphatic rings. The number of rotatable bonds is 6. The van der Waals surface area contributed by atoms with Gasteiger partial charge in [-0.1, -0.05) is 53.3 Å². The minimum absolute atomic E-state index is 0.442. The fourth-order valence-corrected chi connectivity index (χ4v) is 4.80. The average Bonchev–Trinajstić information content (AvgIpc) is 3.15. The van der Waals surface area contributed by atoms with Crippen molar-refractivity contribution in [2.24, 2.45) is 0 Å². The van der Waals surface area contributed by atoms with Crippen LogP contribution in [0.15, 0.2) is 48.5 Å². The van der Waals surface area contributed by atoms with Crippen molar-refractivity contribution in [3.8, 4) is 0 Å². The van der Waals surface area contributed by atoms with Gasteiger partial charge >= 0.3 is 0 Å². The van der Waals surface area contributed by atoms with Crippen LogP contribution in [0.25, 0.3) is 0 Å². The largest absolute Gasteiger partial charge is 0.374 e. The van der Waals surface area contributed by atoms with Crippen molar-refractivity contribution in [3.63, 3.8) is 0 Å². The molecule has 0 radical (unpaired) electrons. The molecule has 1 aliphatic heterocycles. The fraction of sp³-hybridized carbons (Fsp3) is 0.391. The van der Waals surface area contributed by atoms with E-state index in [-0.39, 0.29) is 0 Å². The molecule has 0 saturated carbocycles. The number of hydrogen-bond donors (Lipinski definition) is 1. The molecular formula is C23H28N4S. The van der Waals surface area contributed by atoms with Gasteiger partial charge < -0.3 is 10.6 Å². The molecule has 1 saturated heterocycles. The standard InChI is InChI=1S/C23H28N4S/c1-17-5-2-7-19(15-17)8-3-6-18-10-12-21(13-11-18)27-14-4-9-20(16-27)22-25-26-23(24)28-22/h2,5,7,10-13,15,20H,3-4,6,8-9,14,16H2,1H3,(H2,24,26). The van der Waals surface area contributed by atoms with Crippen LogP contribution in [0, 0.1) is 6.92 Å². The van der Waals surface area contributed by atoms with Gasteiger partial charge in [-0.25, -0.2) is 0 Å². The van der Waals surface area contributed by atoms with Crippen LogP contribution in [0.5, 0.6) is 0 Å². The number of benzene rings is 2. The quantitative estimate of drug-likeness (QED) is 0.642. The second-order valence-corrected chi connectivity index (χ2v) is 8.81. The summed E-state index contributed by atoms with van der Waals surface area (Å²) in [6, 6.07) is 18.0. The minimum Gasteiger partial charge on any atom is -0.374 e. The van der Waals surface area contributed by atoms with Crippen LogP contribution in [0.3, 0.4) is 0 Å². The Morgan fingerprint density at radius 2 is 1.89 bits per heavy atom. The first-order valence-corrected chi connectivity index (χ1v) is 11.0. The highest BCUT2D eigenvalue weighted by Gasteiger charge is 2.24. The molecule has 0 spiro atoms. The summed E-state index contributed by atoms with van der Waals surface area (Å²) >= 11 is 1.53. The van der Waals surface area contributed by atoms with E-state index in [9.17, 15) is 0 Å². The van der Waals surface area contributed by atoms with Crippen molar-refractivity contribution in [3.05, 3.63) is 70.2 Å². The van der Waals surface area contributed by atoms with E-state index in [1.807, 2.05) is 0 Å². The summed E-state index contributed by atoms with van der Waals surface area (Å²) in [5.41, 5.74) is 11.3. The van der Waals surface area contributed by atoms with Gasteiger partial charge in [0, 0.05) is 24.7 Å². The monoisotopic (exact) mass is 392 g/mol. The molecular weight excluding hydrogens is 364 g/mol. The molecule has 4 rings (SSSR count). The predicted molar refractivity (Wildman–Crippen MR) is 118 cm³/mol. The highest BCUT2D eigenvalue weighted by molar-refractivity contribution is 7.15. The lowest BCUT2D eigenvalue weighted by atomic mass is 9.98. The van der Waals surface area contributed by atoms with Crippen LogP contribution in [0.2, 0.25) is 0 Å². The number of anilines is 2. The number of piperidine rings is 1. The Kier molecular flexibility index (Phi) is 5.91. The summed E-state index contributed by atoms with van der Waals surface area (Å²) in [5, 5.41) is 9.90. The number of nitrogens with zero attached hydrogens (tertiary/aromatic N) is 3. The van der Waals surface area contributed by atoms with E-state index in [1.165, 1.54) is 53.0 Å². The molecule has 0 amide bonds. The van der Waals surface area contributed by atoms with Gasteiger partial charge in [-0.15, -0.1) is 10.2 Å². The molecule has 1 fully saturated rings. The lowest BCUT2D eigenvalue weighted by molar-refractivity contribution is 0.506. The molecule has 2 heterocycles. The van der Waals surface area contributed by atoms with Crippen molar-refractivity contribution in [2.45, 2.75) is 44.9 Å². The zero-order chi connectivity index (χ0) is 19.3. The molecule has 0 aliphatic carbocycles. The summed E-state index contributed by atoms with van der Waals surface area (Å²) in [6.45, 7) is 4.27. The molecule has 2 aromatic carbocycles. The number of nitrogen functional groups attached to an aromatic ring is 1. The van der Waals surface area contributed by atoms with Crippen LogP contribution in [0.4, 0.5) is 10.8 Å². The van der Waals surface area contributed by atoms with Crippen LogP contribution >= 0.6 is 11.3 Å². The summed E-state index contributed by atoms with van der Waals surface area (Å²) < 4.78 is 0. The first-order valence-electron chi connectivity index (χ1n) is 10.2. The van der Waals surface area contributed by atoms with E-state index in [2.05, 4.69) is 70.6 Å². The fourth-order valence-electron chi connectivity index (χ4n) is 4.06. The van der Waals surface area contributed by atoms with Crippen molar-refractivity contribution in [1.82, 2.24) is 10.2 Å². The van der Waals surface area contributed by atoms with Crippen molar-refractivity contribution in [2.75, 3.05) is 23.7 Å². The van der Waals surface area contributed by atoms with Gasteiger partial charge in [0.2, 0.25) is 5.13 Å². The van der Waals surface area contributed by atoms with Crippen molar-refractivity contribution < 1.29 is 0 Å². The van der Waals surface area contributed by atoms with Crippen LogP contribution in [-0.2, 0) is 12.8 Å². The Bertz CT molecular complexity index is 903. The first-order chi connectivity index (χ1) is 13.7. The molecule has 5 heteroatoms. The van der Waals surface area contributed by atoms with E-state index in [0.717, 1.165) is 30.9 Å². The van der Waals surface area contributed by atoms with Gasteiger partial charge in [0.1, 0.15) is 5.01 Å². The Balaban J connectivity index is 1.32. The molecule has 1 aromatic heterocycles. The van der Waals surface area contributed by atoms with Crippen LogP contribution in [-0.4, -0.2) is 23.3 Å². The molecule has 2 N–H and O–H groups in total. The van der Waals surface area contributed by atoms with Gasteiger partial charge in [0.05, 0.1) is 0 Å². The third-order valence-corrected chi connectivity index (χ3v) is 6.46. The number of aromatic nitrogens is 2. The third-order valence-electron chi connectivity index (χ3n) is 5.54. The SMILES string of the molecule is Cc1cccc(CCCc2ccc(N3CCCC(c4nnc(N)s4)C3)cc2)c1. The van der Waals surface area contributed by atoms with Crippen molar-refractivity contribution in [1.29, 1.82) is 0 Å². The molecule has 146 valence electrons. The Labute approximate surface area is 171 Å². The van der Waals surface area contributed by atoms with E-state index in [4.69, 9.17) is 5.73 Å². The molecule has 1 unspecified atom stereocenters. The second kappa shape index (κ2) is 8.74. The van der Waals surface area contributed by atoms with Crippen molar-refractivity contribution >= 4 is 22.2 Å². The zero-order valence-electron chi connectivity index (χ0n) is 16.5. The Hall–Kier alpha value is -2.40. The van der Waals surface area contributed by atoms with Crippen LogP contribution < -0.4 is 10.6 Å². The van der Waals surface area contributed by atoms with Gasteiger partial charge in [0.25, 0.3) is 0 Å². The first kappa shape index (κ1) is 18.9. The van der Waals surface area contributed by atoms with E-state index in [1.54, 1.807) is 0 Å². The van der Waals surface area contributed by atoms with E-state index < -0.39 is 0 Å².